The summed E-state index contributed by atoms with van der Waals surface area (Å²) < 4.78 is 17.7. The number of carbonyl (C=O) groups is 3. The van der Waals surface area contributed by atoms with Crippen LogP contribution in [0.5, 0.6) is 17.2 Å². The fourth-order valence-corrected chi connectivity index (χ4v) is 4.60. The van der Waals surface area contributed by atoms with Crippen molar-refractivity contribution in [3.8, 4) is 17.2 Å². The van der Waals surface area contributed by atoms with Crippen LogP contribution in [0, 0.1) is 5.92 Å². The molecule has 1 aliphatic heterocycles. The highest BCUT2D eigenvalue weighted by atomic mass is 16.5. The summed E-state index contributed by atoms with van der Waals surface area (Å²) in [6, 6.07) is 3.48. The summed E-state index contributed by atoms with van der Waals surface area (Å²) in [5, 5.41) is 5.81. The Bertz CT molecular complexity index is 1150. The van der Waals surface area contributed by atoms with Gasteiger partial charge >= 0.3 is 0 Å². The van der Waals surface area contributed by atoms with Crippen molar-refractivity contribution in [2.24, 2.45) is 5.92 Å². The van der Waals surface area contributed by atoms with Crippen molar-refractivity contribution in [3.63, 3.8) is 0 Å². The topological polar surface area (TPSA) is 124 Å². The Balaban J connectivity index is 1.83. The van der Waals surface area contributed by atoms with Gasteiger partial charge in [-0.2, -0.15) is 0 Å². The first kappa shape index (κ1) is 28.8. The van der Waals surface area contributed by atoms with Gasteiger partial charge in [0.2, 0.25) is 11.7 Å². The molecule has 208 valence electrons. The molecule has 38 heavy (non-hydrogen) atoms. The summed E-state index contributed by atoms with van der Waals surface area (Å²) in [6.07, 6.45) is 2.96. The van der Waals surface area contributed by atoms with Crippen LogP contribution < -0.4 is 24.8 Å². The van der Waals surface area contributed by atoms with Gasteiger partial charge in [0.05, 0.1) is 34.2 Å². The highest BCUT2D eigenvalue weighted by molar-refractivity contribution is 6.07. The van der Waals surface area contributed by atoms with E-state index in [0.29, 0.717) is 48.2 Å². The maximum absolute atomic E-state index is 13.7. The van der Waals surface area contributed by atoms with Crippen molar-refractivity contribution in [1.29, 1.82) is 0 Å². The van der Waals surface area contributed by atoms with Gasteiger partial charge < -0.3 is 34.3 Å². The molecule has 1 aromatic heterocycles. The van der Waals surface area contributed by atoms with Crippen LogP contribution in [0.4, 0.5) is 0 Å². The van der Waals surface area contributed by atoms with E-state index in [-0.39, 0.29) is 30.4 Å². The zero-order chi connectivity index (χ0) is 28.0. The van der Waals surface area contributed by atoms with Crippen molar-refractivity contribution in [1.82, 2.24) is 25.1 Å². The number of rotatable bonds is 12. The van der Waals surface area contributed by atoms with Crippen molar-refractivity contribution in [2.75, 3.05) is 34.4 Å². The van der Waals surface area contributed by atoms with Crippen molar-refractivity contribution < 1.29 is 28.6 Å². The van der Waals surface area contributed by atoms with Gasteiger partial charge in [-0.1, -0.05) is 20.8 Å². The molecule has 3 amide bonds. The fourth-order valence-electron chi connectivity index (χ4n) is 4.60. The first-order valence-corrected chi connectivity index (χ1v) is 12.8. The van der Waals surface area contributed by atoms with Gasteiger partial charge in [0.1, 0.15) is 11.2 Å². The molecule has 0 saturated carbocycles. The van der Waals surface area contributed by atoms with Crippen LogP contribution in [0.25, 0.3) is 0 Å². The third-order valence-electron chi connectivity index (χ3n) is 6.70. The molecule has 11 heteroatoms. The average molecular weight is 530 g/mol. The quantitative estimate of drug-likeness (QED) is 0.433. The monoisotopic (exact) mass is 529 g/mol. The lowest BCUT2D eigenvalue weighted by molar-refractivity contribution is -0.132. The van der Waals surface area contributed by atoms with Gasteiger partial charge in [-0.25, -0.2) is 4.98 Å². The van der Waals surface area contributed by atoms with Crippen LogP contribution in [0.1, 0.15) is 67.1 Å². The number of hydrogen-bond donors (Lipinski definition) is 2. The summed E-state index contributed by atoms with van der Waals surface area (Å²) in [5.74, 6) is 0.721. The fraction of sp³-hybridized carbons (Fsp3) is 0.556. The summed E-state index contributed by atoms with van der Waals surface area (Å²) >= 11 is 0. The van der Waals surface area contributed by atoms with Crippen molar-refractivity contribution in [2.45, 2.75) is 59.2 Å². The minimum absolute atomic E-state index is 0.0193. The first-order valence-electron chi connectivity index (χ1n) is 12.8. The van der Waals surface area contributed by atoms with Crippen molar-refractivity contribution in [3.05, 3.63) is 35.4 Å². The van der Waals surface area contributed by atoms with E-state index >= 15 is 0 Å². The van der Waals surface area contributed by atoms with Gasteiger partial charge in [0.15, 0.2) is 17.2 Å². The maximum atomic E-state index is 13.7. The molecule has 3 rings (SSSR count). The van der Waals surface area contributed by atoms with Gasteiger partial charge in [-0.15, -0.1) is 0 Å². The van der Waals surface area contributed by atoms with E-state index in [1.54, 1.807) is 28.5 Å². The van der Waals surface area contributed by atoms with E-state index in [0.717, 1.165) is 6.42 Å². The maximum Gasteiger partial charge on any atom is 0.273 e. The largest absolute Gasteiger partial charge is 0.493 e. The zero-order valence-electron chi connectivity index (χ0n) is 23.3. The lowest BCUT2D eigenvalue weighted by Crippen LogP contribution is -2.64. The SMILES string of the molecule is CCCN1C(=O)c2c(C(=O)NCc3cc(OC)c(OC)c(OC)c3)ncn2C[C@@]1(C)C(=O)NCCC(C)C. The normalized spacial score (nSPS) is 16.7. The van der Waals surface area contributed by atoms with Crippen LogP contribution >= 0.6 is 0 Å². The van der Waals surface area contributed by atoms with Gasteiger partial charge in [0, 0.05) is 19.6 Å². The molecule has 1 atom stereocenters. The van der Waals surface area contributed by atoms with Crippen LogP contribution in [0.2, 0.25) is 0 Å². The zero-order valence-corrected chi connectivity index (χ0v) is 23.3. The van der Waals surface area contributed by atoms with E-state index in [4.69, 9.17) is 14.2 Å². The number of hydrogen-bond acceptors (Lipinski definition) is 7. The Hall–Kier alpha value is -3.76. The van der Waals surface area contributed by atoms with Gasteiger partial charge in [0.25, 0.3) is 11.8 Å². The van der Waals surface area contributed by atoms with Crippen molar-refractivity contribution >= 4 is 17.7 Å². The van der Waals surface area contributed by atoms with E-state index in [1.807, 2.05) is 6.92 Å². The molecule has 0 fully saturated rings. The number of nitrogens with one attached hydrogen (secondary N) is 2. The van der Waals surface area contributed by atoms with Gasteiger partial charge in [-0.05, 0) is 43.4 Å². The smallest absolute Gasteiger partial charge is 0.273 e. The third kappa shape index (κ3) is 5.71. The number of ether oxygens (including phenoxy) is 3. The number of fused-ring (bicyclic) bond motifs is 1. The number of methoxy groups -OCH3 is 3. The van der Waals surface area contributed by atoms with Crippen LogP contribution in [-0.4, -0.2) is 72.1 Å². The molecule has 0 aliphatic carbocycles. The molecule has 11 nitrogen and oxygen atoms in total. The Kier molecular flexibility index (Phi) is 9.24. The molecule has 0 saturated heterocycles. The molecule has 2 heterocycles. The summed E-state index contributed by atoms with van der Waals surface area (Å²) in [4.78, 5) is 45.9. The highest BCUT2D eigenvalue weighted by Crippen LogP contribution is 2.38. The Morgan fingerprint density at radius 2 is 1.76 bits per heavy atom. The Labute approximate surface area is 223 Å². The van der Waals surface area contributed by atoms with Gasteiger partial charge in [-0.3, -0.25) is 14.4 Å². The molecule has 0 unspecified atom stereocenters. The molecule has 0 bridgehead atoms. The lowest BCUT2D eigenvalue weighted by Gasteiger charge is -2.43. The number of carbonyl (C=O) groups excluding carboxylic acids is 3. The molecule has 2 aromatic rings. The number of benzene rings is 1. The van der Waals surface area contributed by atoms with Crippen LogP contribution in [-0.2, 0) is 17.9 Å². The average Bonchev–Trinajstić information content (AvgIpc) is 3.32. The molecular weight excluding hydrogens is 490 g/mol. The van der Waals surface area contributed by atoms with Crippen LogP contribution in [0.15, 0.2) is 18.5 Å². The summed E-state index contributed by atoms with van der Waals surface area (Å²) in [7, 11) is 4.55. The number of imidazole rings is 1. The second-order valence-electron chi connectivity index (χ2n) is 9.96. The standard InChI is InChI=1S/C27H39N5O6/c1-8-11-32-25(34)22-21(30-16-31(22)15-27(32,4)26(35)28-10-9-17(2)3)24(33)29-14-18-12-19(36-5)23(38-7)20(13-18)37-6/h12-13,16-17H,8-11,14-15H2,1-7H3,(H,28,35)(H,29,33)/t27-/m0/s1. The molecule has 0 spiro atoms. The Morgan fingerprint density at radius 3 is 2.32 bits per heavy atom. The van der Waals surface area contributed by atoms with E-state index in [9.17, 15) is 14.4 Å². The second-order valence-corrected chi connectivity index (χ2v) is 9.96. The van der Waals surface area contributed by atoms with E-state index in [2.05, 4.69) is 29.5 Å². The lowest BCUT2D eigenvalue weighted by atomic mass is 9.93. The molecule has 1 aromatic carbocycles. The minimum atomic E-state index is -1.10. The number of amides is 3. The second kappa shape index (κ2) is 12.2. The van der Waals surface area contributed by atoms with E-state index in [1.165, 1.54) is 27.7 Å². The third-order valence-corrected chi connectivity index (χ3v) is 6.70. The summed E-state index contributed by atoms with van der Waals surface area (Å²) in [5.41, 5.74) is -0.188. The van der Waals surface area contributed by atoms with E-state index < -0.39 is 17.4 Å². The first-order chi connectivity index (χ1) is 18.1. The number of nitrogens with zero attached hydrogens (tertiary/aromatic N) is 3. The van der Waals surface area contributed by atoms with Crippen LogP contribution in [0.3, 0.4) is 0 Å². The predicted molar refractivity (Wildman–Crippen MR) is 142 cm³/mol. The summed E-state index contributed by atoms with van der Waals surface area (Å²) in [6.45, 7) is 9.15. The number of aromatic nitrogens is 2. The highest BCUT2D eigenvalue weighted by Gasteiger charge is 2.48. The molecular formula is C27H39N5O6. The predicted octanol–water partition coefficient (Wildman–Crippen LogP) is 2.63. The molecule has 2 N–H and O–H groups in total. The minimum Gasteiger partial charge on any atom is -0.493 e. The Morgan fingerprint density at radius 1 is 1.11 bits per heavy atom. The molecule has 0 radical (unpaired) electrons. The molecule has 1 aliphatic rings.